The van der Waals surface area contributed by atoms with Crippen LogP contribution in [0.15, 0.2) is 49.7 Å². The normalized spacial score (nSPS) is 11.8. The smallest absolute Gasteiger partial charge is 0.209 e. The molecule has 1 radical (unpaired) electrons. The maximum atomic E-state index is 11.1. The van der Waals surface area contributed by atoms with Gasteiger partial charge in [-0.25, -0.2) is 4.99 Å². The van der Waals surface area contributed by atoms with E-state index < -0.39 is 0 Å². The maximum absolute atomic E-state index is 11.1. The molecule has 0 saturated carbocycles. The fourth-order valence-electron chi connectivity index (χ4n) is 2.63. The Morgan fingerprint density at radius 1 is 0.821 bits per heavy atom. The Labute approximate surface area is 247 Å². The van der Waals surface area contributed by atoms with Crippen molar-refractivity contribution in [1.29, 1.82) is 0 Å². The van der Waals surface area contributed by atoms with Crippen LogP contribution in [0.2, 0.25) is 0 Å². The standard InChI is InChI=1S/C22H24N6O3S2.C3H7NO.Cu/c1-13-6-16(10-25-27-21(23)32-3)19(30)17(7-13)11-26-28-22(33-4)24-9-15-5-14(2)8-18(12-29)20(15)31;1-4(2)3-5;/h5-12,30-31H,1-4H3,(H2,23,27);3H,1-2H3;/b24-9+,25-10+,26-11+,28-22+;;. The largest absolute Gasteiger partial charge is 0.507 e. The molecular formula is C25H31CuN7O4S2. The van der Waals surface area contributed by atoms with Crippen LogP contribution in [0.5, 0.6) is 11.5 Å². The van der Waals surface area contributed by atoms with Crippen molar-refractivity contribution in [1.82, 2.24) is 4.90 Å². The molecule has 2 aromatic rings. The molecule has 0 aliphatic carbocycles. The molecule has 11 nitrogen and oxygen atoms in total. The third kappa shape index (κ3) is 12.8. The van der Waals surface area contributed by atoms with Crippen molar-refractivity contribution in [3.63, 3.8) is 0 Å². The van der Waals surface area contributed by atoms with Crippen molar-refractivity contribution in [2.75, 3.05) is 26.6 Å². The molecule has 2 rings (SSSR count). The second-order valence-corrected chi connectivity index (χ2v) is 9.35. The number of hydrogen-bond acceptors (Lipinski definition) is 10. The van der Waals surface area contributed by atoms with Crippen LogP contribution in [-0.4, -0.2) is 83.4 Å². The molecule has 0 heterocycles. The van der Waals surface area contributed by atoms with Crippen LogP contribution in [0.3, 0.4) is 0 Å². The van der Waals surface area contributed by atoms with Crippen molar-refractivity contribution in [2.24, 2.45) is 31.1 Å². The van der Waals surface area contributed by atoms with Gasteiger partial charge >= 0.3 is 0 Å². The first kappa shape index (κ1) is 35.5. The number of amides is 1. The van der Waals surface area contributed by atoms with E-state index in [1.54, 1.807) is 50.9 Å². The van der Waals surface area contributed by atoms with E-state index in [0.29, 0.717) is 33.3 Å². The molecule has 0 bridgehead atoms. The molecule has 0 aliphatic rings. The average Bonchev–Trinajstić information content (AvgIpc) is 2.89. The van der Waals surface area contributed by atoms with Crippen molar-refractivity contribution in [3.05, 3.63) is 57.6 Å². The quantitative estimate of drug-likeness (QED) is 0.140. The number of hydrogen-bond donors (Lipinski definition) is 3. The number of nitrogens with zero attached hydrogens (tertiary/aromatic N) is 6. The molecule has 0 aromatic heterocycles. The summed E-state index contributed by atoms with van der Waals surface area (Å²) in [6.07, 6.45) is 9.13. The maximum Gasteiger partial charge on any atom is 0.209 e. The Morgan fingerprint density at radius 2 is 1.26 bits per heavy atom. The van der Waals surface area contributed by atoms with Crippen molar-refractivity contribution in [2.45, 2.75) is 13.8 Å². The molecule has 1 amide bonds. The summed E-state index contributed by atoms with van der Waals surface area (Å²) in [6, 6.07) is 6.80. The Morgan fingerprint density at radius 3 is 1.69 bits per heavy atom. The molecule has 0 unspecified atom stereocenters. The number of thioether (sulfide) groups is 2. The minimum atomic E-state index is -0.147. The fourth-order valence-corrected chi connectivity index (χ4v) is 3.05. The van der Waals surface area contributed by atoms with E-state index in [1.165, 1.54) is 47.1 Å². The number of phenols is 2. The summed E-state index contributed by atoms with van der Waals surface area (Å²) < 4.78 is 0. The van der Waals surface area contributed by atoms with E-state index in [-0.39, 0.29) is 34.1 Å². The van der Waals surface area contributed by atoms with E-state index in [4.69, 9.17) is 5.73 Å². The Balaban J connectivity index is 0.00000220. The van der Waals surface area contributed by atoms with Crippen molar-refractivity contribution >= 4 is 65.2 Å². The Kier molecular flexibility index (Phi) is 17.1. The van der Waals surface area contributed by atoms with Gasteiger partial charge in [0, 0.05) is 54.1 Å². The predicted molar refractivity (Wildman–Crippen MR) is 160 cm³/mol. The van der Waals surface area contributed by atoms with E-state index >= 15 is 0 Å². The molecule has 0 aliphatic heterocycles. The number of phenolic OH excluding ortho intramolecular Hbond substituents is 2. The third-order valence-corrected chi connectivity index (χ3v) is 5.42. The molecule has 0 spiro atoms. The van der Waals surface area contributed by atoms with Gasteiger partial charge in [-0.05, 0) is 61.8 Å². The Bertz CT molecular complexity index is 1280. The van der Waals surface area contributed by atoms with Crippen LogP contribution in [0.25, 0.3) is 0 Å². The summed E-state index contributed by atoms with van der Waals surface area (Å²) in [6.45, 7) is 3.69. The van der Waals surface area contributed by atoms with Crippen LogP contribution in [0.4, 0.5) is 0 Å². The molecule has 39 heavy (non-hydrogen) atoms. The number of carbonyl (C=O) groups excluding carboxylic acids is 2. The summed E-state index contributed by atoms with van der Waals surface area (Å²) in [4.78, 5) is 26.2. The summed E-state index contributed by atoms with van der Waals surface area (Å²) in [5.41, 5.74) is 8.77. The SMILES string of the molecule is CN(C)C=O.CS/C(N)=N/N=C/c1cc(C)cc(/C=N/N=C(\N=C\c2cc(C)cc(C=O)c2O)SC)c1O.[Cu]. The summed E-state index contributed by atoms with van der Waals surface area (Å²) in [7, 11) is 3.38. The van der Waals surface area contributed by atoms with Gasteiger partial charge in [-0.2, -0.15) is 10.2 Å². The van der Waals surface area contributed by atoms with Gasteiger partial charge in [-0.15, -0.1) is 10.2 Å². The van der Waals surface area contributed by atoms with E-state index in [9.17, 15) is 19.8 Å². The fraction of sp³-hybridized carbons (Fsp3) is 0.240. The first-order valence-electron chi connectivity index (χ1n) is 10.9. The number of carbonyl (C=O) groups is 2. The average molecular weight is 621 g/mol. The molecule has 0 saturated heterocycles. The van der Waals surface area contributed by atoms with Gasteiger partial charge in [-0.3, -0.25) is 9.59 Å². The molecule has 0 fully saturated rings. The number of nitrogens with two attached hydrogens (primary N) is 1. The van der Waals surface area contributed by atoms with Gasteiger partial charge in [0.2, 0.25) is 11.6 Å². The molecule has 4 N–H and O–H groups in total. The minimum absolute atomic E-state index is 0. The van der Waals surface area contributed by atoms with Crippen LogP contribution < -0.4 is 5.73 Å². The van der Waals surface area contributed by atoms with Crippen molar-refractivity contribution in [3.8, 4) is 11.5 Å². The monoisotopic (exact) mass is 620 g/mol. The molecule has 14 heteroatoms. The van der Waals surface area contributed by atoms with Gasteiger partial charge < -0.3 is 20.8 Å². The summed E-state index contributed by atoms with van der Waals surface area (Å²) >= 11 is 2.51. The van der Waals surface area contributed by atoms with Gasteiger partial charge in [0.15, 0.2) is 11.5 Å². The first-order chi connectivity index (χ1) is 18.1. The van der Waals surface area contributed by atoms with Gasteiger partial charge in [0.05, 0.1) is 18.0 Å². The Hall–Kier alpha value is -3.45. The predicted octanol–water partition coefficient (Wildman–Crippen LogP) is 3.41. The molecule has 213 valence electrons. The van der Waals surface area contributed by atoms with Gasteiger partial charge in [-0.1, -0.05) is 23.5 Å². The molecular weight excluding hydrogens is 590 g/mol. The van der Waals surface area contributed by atoms with E-state index in [1.807, 2.05) is 13.8 Å². The van der Waals surface area contributed by atoms with Crippen LogP contribution in [0.1, 0.15) is 38.2 Å². The number of aryl methyl sites for hydroxylation is 2. The van der Waals surface area contributed by atoms with E-state index in [0.717, 1.165) is 17.5 Å². The number of aldehydes is 1. The third-order valence-electron chi connectivity index (χ3n) is 4.36. The number of aliphatic imine (C=N–C) groups is 1. The molecule has 2 aromatic carbocycles. The summed E-state index contributed by atoms with van der Waals surface area (Å²) in [5.74, 6) is -0.174. The molecule has 0 atom stereocenters. The number of rotatable bonds is 7. The van der Waals surface area contributed by atoms with Crippen LogP contribution in [0, 0.1) is 13.8 Å². The van der Waals surface area contributed by atoms with Crippen LogP contribution in [-0.2, 0) is 21.9 Å². The van der Waals surface area contributed by atoms with Crippen LogP contribution >= 0.6 is 23.5 Å². The van der Waals surface area contributed by atoms with E-state index in [2.05, 4.69) is 25.4 Å². The van der Waals surface area contributed by atoms with Crippen molar-refractivity contribution < 1.29 is 36.9 Å². The number of amidine groups is 2. The second kappa shape index (κ2) is 18.7. The second-order valence-electron chi connectivity index (χ2n) is 7.75. The first-order valence-corrected chi connectivity index (χ1v) is 13.3. The topological polar surface area (TPSA) is 166 Å². The van der Waals surface area contributed by atoms with Gasteiger partial charge in [0.25, 0.3) is 0 Å². The van der Waals surface area contributed by atoms with Gasteiger partial charge in [0.1, 0.15) is 11.5 Å². The zero-order chi connectivity index (χ0) is 28.7. The number of benzene rings is 2. The zero-order valence-corrected chi connectivity index (χ0v) is 24.9. The zero-order valence-electron chi connectivity index (χ0n) is 22.3. The minimum Gasteiger partial charge on any atom is -0.507 e. The number of aromatic hydroxyl groups is 2. The summed E-state index contributed by atoms with van der Waals surface area (Å²) in [5, 5.41) is 37.0.